The molecular weight excluding hydrogens is 438 g/mol. The van der Waals surface area contributed by atoms with Crippen molar-refractivity contribution in [3.63, 3.8) is 0 Å². The zero-order chi connectivity index (χ0) is 23.9. The van der Waals surface area contributed by atoms with E-state index in [1.54, 1.807) is 0 Å². The Morgan fingerprint density at radius 2 is 1.54 bits per heavy atom. The van der Waals surface area contributed by atoms with Gasteiger partial charge in [-0.15, -0.1) is 0 Å². The summed E-state index contributed by atoms with van der Waals surface area (Å²) >= 11 is 0. The molecule has 0 bridgehead atoms. The van der Waals surface area contributed by atoms with Crippen LogP contribution < -0.4 is 0 Å². The lowest BCUT2D eigenvalue weighted by atomic mass is 9.60. The van der Waals surface area contributed by atoms with E-state index >= 15 is 0 Å². The number of aromatic amines is 1. The summed E-state index contributed by atoms with van der Waals surface area (Å²) in [5.74, 6) is 2.59. The summed E-state index contributed by atoms with van der Waals surface area (Å²) in [5.41, 5.74) is 4.92. The predicted molar refractivity (Wildman–Crippen MR) is 132 cm³/mol. The van der Waals surface area contributed by atoms with Crippen LogP contribution in [0.2, 0.25) is 0 Å². The summed E-state index contributed by atoms with van der Waals surface area (Å²) in [4.78, 5) is 31.0. The molecule has 2 aliphatic heterocycles. The Labute approximate surface area is 204 Å². The number of aromatic nitrogens is 3. The van der Waals surface area contributed by atoms with Gasteiger partial charge in [-0.25, -0.2) is 0 Å². The highest BCUT2D eigenvalue weighted by molar-refractivity contribution is 5.97. The van der Waals surface area contributed by atoms with Crippen molar-refractivity contribution in [3.8, 4) is 0 Å². The molecule has 1 saturated carbocycles. The number of likely N-dealkylation sites (tertiary alicyclic amines) is 2. The van der Waals surface area contributed by atoms with Gasteiger partial charge in [-0.1, -0.05) is 38.1 Å². The number of nitrogens with zero attached hydrogens (tertiary/aromatic N) is 4. The molecule has 2 aromatic carbocycles. The Kier molecular flexibility index (Phi) is 4.45. The number of amides is 2. The zero-order valence-corrected chi connectivity index (χ0v) is 20.3. The summed E-state index contributed by atoms with van der Waals surface area (Å²) < 4.78 is 0. The maximum Gasteiger partial charge on any atom is 0.253 e. The topological polar surface area (TPSA) is 82.2 Å². The molecule has 35 heavy (non-hydrogen) atoms. The number of fused-ring (bicyclic) bond motifs is 6. The minimum absolute atomic E-state index is 0.0280. The molecule has 2 saturated heterocycles. The average molecular weight is 470 g/mol. The number of nitrogens with one attached hydrogen (secondary N) is 1. The molecule has 0 spiro atoms. The SMILES string of the molecule is CC1(C)CC(C(=O)N2CC3C(C2)[C@@H]2CN(C(=O)c4ccc5n[nH]nc5c4)C[C@H]32)Cc2ccccc21. The highest BCUT2D eigenvalue weighted by atomic mass is 16.2. The molecular formula is C28H31N5O2. The number of carbonyl (C=O) groups is 2. The fourth-order valence-corrected chi connectivity index (χ4v) is 7.73. The molecule has 2 aliphatic carbocycles. The number of benzene rings is 2. The average Bonchev–Trinajstić information content (AvgIpc) is 3.56. The monoisotopic (exact) mass is 469 g/mol. The Morgan fingerprint density at radius 1 is 0.886 bits per heavy atom. The normalized spacial score (nSPS) is 30.5. The fourth-order valence-electron chi connectivity index (χ4n) is 7.73. The maximum atomic E-state index is 13.6. The second-order valence-electron chi connectivity index (χ2n) is 11.8. The summed E-state index contributed by atoms with van der Waals surface area (Å²) in [5, 5.41) is 10.8. The van der Waals surface area contributed by atoms with Gasteiger partial charge in [0.05, 0.1) is 0 Å². The van der Waals surface area contributed by atoms with E-state index in [2.05, 4.69) is 58.4 Å². The van der Waals surface area contributed by atoms with E-state index in [1.807, 2.05) is 23.1 Å². The lowest BCUT2D eigenvalue weighted by molar-refractivity contribution is -0.135. The van der Waals surface area contributed by atoms with Crippen molar-refractivity contribution in [2.24, 2.45) is 29.6 Å². The van der Waals surface area contributed by atoms with Crippen LogP contribution >= 0.6 is 0 Å². The summed E-state index contributed by atoms with van der Waals surface area (Å²) in [6.07, 6.45) is 1.77. The second kappa shape index (κ2) is 7.39. The van der Waals surface area contributed by atoms with Crippen LogP contribution in [0.3, 0.4) is 0 Å². The van der Waals surface area contributed by atoms with Crippen molar-refractivity contribution in [2.45, 2.75) is 32.1 Å². The molecule has 5 atom stereocenters. The first kappa shape index (κ1) is 21.1. The molecule has 3 heterocycles. The third kappa shape index (κ3) is 3.16. The van der Waals surface area contributed by atoms with E-state index < -0.39 is 0 Å². The van der Waals surface area contributed by atoms with Crippen molar-refractivity contribution < 1.29 is 9.59 Å². The van der Waals surface area contributed by atoms with Gasteiger partial charge in [-0.2, -0.15) is 15.4 Å². The summed E-state index contributed by atoms with van der Waals surface area (Å²) in [6, 6.07) is 14.1. The third-order valence-electron chi connectivity index (χ3n) is 9.41. The molecule has 3 fully saturated rings. The Hall–Kier alpha value is -3.22. The molecule has 7 nitrogen and oxygen atoms in total. The smallest absolute Gasteiger partial charge is 0.253 e. The van der Waals surface area contributed by atoms with Crippen LogP contribution in [0.25, 0.3) is 11.0 Å². The van der Waals surface area contributed by atoms with Gasteiger partial charge in [0.15, 0.2) is 0 Å². The van der Waals surface area contributed by atoms with Gasteiger partial charge >= 0.3 is 0 Å². The Balaban J connectivity index is 1.02. The van der Waals surface area contributed by atoms with Gasteiger partial charge in [-0.3, -0.25) is 9.59 Å². The molecule has 1 aromatic heterocycles. The van der Waals surface area contributed by atoms with E-state index in [-0.39, 0.29) is 17.2 Å². The molecule has 1 N–H and O–H groups in total. The summed E-state index contributed by atoms with van der Waals surface area (Å²) in [7, 11) is 0. The first-order chi connectivity index (χ1) is 16.9. The molecule has 3 aromatic rings. The van der Waals surface area contributed by atoms with Crippen LogP contribution in [0.4, 0.5) is 0 Å². The van der Waals surface area contributed by atoms with Crippen LogP contribution in [0.5, 0.6) is 0 Å². The zero-order valence-electron chi connectivity index (χ0n) is 20.3. The third-order valence-corrected chi connectivity index (χ3v) is 9.41. The van der Waals surface area contributed by atoms with Crippen LogP contribution in [0.1, 0.15) is 41.8 Å². The predicted octanol–water partition coefficient (Wildman–Crippen LogP) is 3.27. The van der Waals surface area contributed by atoms with Crippen molar-refractivity contribution in [3.05, 3.63) is 59.2 Å². The molecule has 3 unspecified atom stereocenters. The van der Waals surface area contributed by atoms with E-state index in [9.17, 15) is 9.59 Å². The molecule has 4 aliphatic rings. The van der Waals surface area contributed by atoms with Crippen LogP contribution in [0.15, 0.2) is 42.5 Å². The van der Waals surface area contributed by atoms with Gasteiger partial charge < -0.3 is 9.80 Å². The Bertz CT molecular complexity index is 1330. The van der Waals surface area contributed by atoms with Crippen molar-refractivity contribution >= 4 is 22.8 Å². The molecule has 2 amide bonds. The van der Waals surface area contributed by atoms with E-state index in [1.165, 1.54) is 11.1 Å². The highest BCUT2D eigenvalue weighted by Gasteiger charge is 2.59. The van der Waals surface area contributed by atoms with Crippen molar-refractivity contribution in [1.82, 2.24) is 25.2 Å². The Morgan fingerprint density at radius 3 is 2.29 bits per heavy atom. The molecule has 0 radical (unpaired) electrons. The summed E-state index contributed by atoms with van der Waals surface area (Å²) in [6.45, 7) is 7.86. The minimum atomic E-state index is 0.0280. The molecule has 7 rings (SSSR count). The first-order valence-electron chi connectivity index (χ1n) is 12.9. The van der Waals surface area contributed by atoms with Gasteiger partial charge in [-0.05, 0) is 71.3 Å². The van der Waals surface area contributed by atoms with Crippen LogP contribution in [-0.4, -0.2) is 63.2 Å². The lowest BCUT2D eigenvalue weighted by Crippen LogP contribution is -2.44. The number of hydrogen-bond acceptors (Lipinski definition) is 4. The number of H-pyrrole nitrogens is 1. The quantitative estimate of drug-likeness (QED) is 0.625. The van der Waals surface area contributed by atoms with Gasteiger partial charge in [0.2, 0.25) is 5.91 Å². The number of hydrogen-bond donors (Lipinski definition) is 1. The highest BCUT2D eigenvalue weighted by Crippen LogP contribution is 2.54. The van der Waals surface area contributed by atoms with Crippen LogP contribution in [-0.2, 0) is 16.6 Å². The standard InChI is InChI=1S/C28H31N5O2/c1-28(2)11-18(9-16-5-3-4-6-23(16)28)27(35)33-14-21-19-12-32(13-20(19)22(21)15-33)26(34)17-7-8-24-25(10-17)30-31-29-24/h3-8,10,18-22H,9,11-15H2,1-2H3,(H,29,30,31)/t18?,19-,20+,21?,22?. The number of rotatable bonds is 2. The van der Waals surface area contributed by atoms with Gasteiger partial charge in [0.1, 0.15) is 11.0 Å². The van der Waals surface area contributed by atoms with Gasteiger partial charge in [0.25, 0.3) is 5.91 Å². The van der Waals surface area contributed by atoms with E-state index in [0.717, 1.165) is 50.1 Å². The van der Waals surface area contributed by atoms with E-state index in [0.29, 0.717) is 35.1 Å². The van der Waals surface area contributed by atoms with Crippen molar-refractivity contribution in [1.29, 1.82) is 0 Å². The first-order valence-corrected chi connectivity index (χ1v) is 12.9. The largest absolute Gasteiger partial charge is 0.342 e. The van der Waals surface area contributed by atoms with E-state index in [4.69, 9.17) is 0 Å². The lowest BCUT2D eigenvalue weighted by Gasteiger charge is -2.42. The number of carbonyl (C=O) groups excluding carboxylic acids is 2. The maximum absolute atomic E-state index is 13.6. The second-order valence-corrected chi connectivity index (χ2v) is 11.8. The van der Waals surface area contributed by atoms with Gasteiger partial charge in [0, 0.05) is 37.7 Å². The molecule has 180 valence electrons. The van der Waals surface area contributed by atoms with Crippen LogP contribution in [0, 0.1) is 29.6 Å². The minimum Gasteiger partial charge on any atom is -0.342 e. The molecule has 7 heteroatoms. The fraction of sp³-hybridized carbons (Fsp3) is 0.500. The van der Waals surface area contributed by atoms with Crippen molar-refractivity contribution in [2.75, 3.05) is 26.2 Å².